The topological polar surface area (TPSA) is 59.4 Å². The summed E-state index contributed by atoms with van der Waals surface area (Å²) >= 11 is 0. The fourth-order valence-electron chi connectivity index (χ4n) is 4.62. The van der Waals surface area contributed by atoms with Crippen LogP contribution in [0.5, 0.6) is 0 Å². The van der Waals surface area contributed by atoms with Gasteiger partial charge in [0.15, 0.2) is 6.20 Å². The van der Waals surface area contributed by atoms with E-state index in [0.717, 1.165) is 60.8 Å². The van der Waals surface area contributed by atoms with E-state index < -0.39 is 11.7 Å². The van der Waals surface area contributed by atoms with Gasteiger partial charge >= 0.3 is 6.18 Å². The Balaban J connectivity index is 1.22. The molecule has 0 spiro atoms. The molecule has 2 N–H and O–H groups in total. The average Bonchev–Trinajstić information content (AvgIpc) is 2.86. The van der Waals surface area contributed by atoms with Crippen LogP contribution in [-0.4, -0.2) is 37.6 Å². The molecule has 0 aliphatic carbocycles. The number of nitrogens with two attached hydrogens (primary N) is 1. The zero-order valence-electron chi connectivity index (χ0n) is 19.7. The first-order valence-electron chi connectivity index (χ1n) is 12.0. The van der Waals surface area contributed by atoms with Gasteiger partial charge in [-0.1, -0.05) is 42.8 Å². The Morgan fingerprint density at radius 3 is 2.34 bits per heavy atom. The highest BCUT2D eigenvalue weighted by Gasteiger charge is 2.31. The van der Waals surface area contributed by atoms with Crippen molar-refractivity contribution < 1.29 is 17.9 Å². The van der Waals surface area contributed by atoms with E-state index in [1.165, 1.54) is 18.3 Å². The minimum Gasteiger partial charge on any atom is -0.618 e. The molecule has 0 bridgehead atoms. The summed E-state index contributed by atoms with van der Waals surface area (Å²) in [5, 5.41) is 12.3. The molecule has 0 atom stereocenters. The van der Waals surface area contributed by atoms with Crippen LogP contribution in [0.3, 0.4) is 0 Å². The van der Waals surface area contributed by atoms with Crippen LogP contribution in [0.2, 0.25) is 0 Å². The second kappa shape index (κ2) is 11.0. The maximum absolute atomic E-state index is 13.0. The molecule has 1 aromatic heterocycles. The van der Waals surface area contributed by atoms with Crippen LogP contribution < -0.4 is 15.4 Å². The molecule has 35 heavy (non-hydrogen) atoms. The highest BCUT2D eigenvalue weighted by Crippen LogP contribution is 2.32. The normalized spacial score (nSPS) is 14.9. The molecule has 0 unspecified atom stereocenters. The number of pyridine rings is 1. The third-order valence-electron chi connectivity index (χ3n) is 6.63. The Kier molecular flexibility index (Phi) is 7.80. The Bertz CT molecular complexity index is 1110. The first kappa shape index (κ1) is 24.9. The number of anilines is 2. The molecule has 186 valence electrons. The molecule has 1 aliphatic heterocycles. The molecular weight excluding hydrogens is 453 g/mol. The second-order valence-corrected chi connectivity index (χ2v) is 8.97. The summed E-state index contributed by atoms with van der Waals surface area (Å²) in [6.07, 6.45) is 0.673. The van der Waals surface area contributed by atoms with Crippen LogP contribution in [0.4, 0.5) is 24.5 Å². The summed E-state index contributed by atoms with van der Waals surface area (Å²) in [6.45, 7) is 4.00. The fraction of sp³-hybridized carbons (Fsp3) is 0.370. The molecular formula is C27H31F3N4O. The van der Waals surface area contributed by atoms with Gasteiger partial charge in [-0.2, -0.15) is 17.9 Å². The number of alkyl halides is 3. The number of nitrogen functional groups attached to an aromatic ring is 1. The number of piperazine rings is 1. The van der Waals surface area contributed by atoms with Crippen LogP contribution in [0, 0.1) is 5.21 Å². The molecule has 0 radical (unpaired) electrons. The van der Waals surface area contributed by atoms with Gasteiger partial charge in [-0.15, -0.1) is 0 Å². The van der Waals surface area contributed by atoms with Gasteiger partial charge in [-0.3, -0.25) is 4.90 Å². The fourth-order valence-corrected chi connectivity index (χ4v) is 4.62. The van der Waals surface area contributed by atoms with Crippen molar-refractivity contribution >= 4 is 11.4 Å². The van der Waals surface area contributed by atoms with Gasteiger partial charge in [0.1, 0.15) is 5.69 Å². The molecule has 0 saturated carbocycles. The van der Waals surface area contributed by atoms with Crippen molar-refractivity contribution in [2.45, 2.75) is 31.9 Å². The van der Waals surface area contributed by atoms with Gasteiger partial charge < -0.3 is 15.8 Å². The van der Waals surface area contributed by atoms with E-state index in [4.69, 9.17) is 5.73 Å². The minimum atomic E-state index is -4.32. The number of hydrogen-bond acceptors (Lipinski definition) is 4. The van der Waals surface area contributed by atoms with Gasteiger partial charge in [0.2, 0.25) is 5.69 Å². The monoisotopic (exact) mass is 484 g/mol. The van der Waals surface area contributed by atoms with Crippen molar-refractivity contribution in [3.63, 3.8) is 0 Å². The standard InChI is InChI=1S/C27H31F3N4O/c28-27(29,30)22-10-7-11-23(20-22)33-18-16-32(17-19-33)14-6-2-5-12-25-26(31)24(13-15-34(25)35)21-8-3-1-4-9-21/h1,3-4,7-11,13,15,20H,2,5-6,12,14,16-19,31H2. The summed E-state index contributed by atoms with van der Waals surface area (Å²) in [5.74, 6) is 0. The third kappa shape index (κ3) is 6.25. The van der Waals surface area contributed by atoms with Crippen molar-refractivity contribution in [2.75, 3.05) is 43.4 Å². The van der Waals surface area contributed by atoms with Gasteiger partial charge in [-0.05, 0) is 43.1 Å². The zero-order chi connectivity index (χ0) is 24.8. The molecule has 2 heterocycles. The van der Waals surface area contributed by atoms with Gasteiger partial charge in [0.25, 0.3) is 0 Å². The van der Waals surface area contributed by atoms with Crippen molar-refractivity contribution in [1.29, 1.82) is 0 Å². The maximum Gasteiger partial charge on any atom is 0.416 e. The molecule has 1 saturated heterocycles. The van der Waals surface area contributed by atoms with E-state index in [2.05, 4.69) is 4.90 Å². The van der Waals surface area contributed by atoms with Crippen molar-refractivity contribution in [1.82, 2.24) is 4.90 Å². The van der Waals surface area contributed by atoms with Crippen molar-refractivity contribution in [3.8, 4) is 11.1 Å². The highest BCUT2D eigenvalue weighted by molar-refractivity contribution is 5.76. The van der Waals surface area contributed by atoms with Crippen molar-refractivity contribution in [2.24, 2.45) is 0 Å². The second-order valence-electron chi connectivity index (χ2n) is 8.97. The number of hydrogen-bond donors (Lipinski definition) is 1. The van der Waals surface area contributed by atoms with E-state index in [1.54, 1.807) is 12.1 Å². The van der Waals surface area contributed by atoms with E-state index >= 15 is 0 Å². The average molecular weight is 485 g/mol. The summed E-state index contributed by atoms with van der Waals surface area (Å²) in [6, 6.07) is 17.1. The highest BCUT2D eigenvalue weighted by atomic mass is 19.4. The molecule has 1 aliphatic rings. The lowest BCUT2D eigenvalue weighted by atomic mass is 10.0. The molecule has 5 nitrogen and oxygen atoms in total. The largest absolute Gasteiger partial charge is 0.618 e. The Morgan fingerprint density at radius 1 is 0.886 bits per heavy atom. The molecule has 1 fully saturated rings. The lowest BCUT2D eigenvalue weighted by Gasteiger charge is -2.36. The predicted octanol–water partition coefficient (Wildman–Crippen LogP) is 5.12. The SMILES string of the molecule is Nc1c(-c2ccccc2)cc[n+]([O-])c1CCCCCN1CCN(c2cccc(C(F)(F)F)c2)CC1. The van der Waals surface area contributed by atoms with Crippen LogP contribution in [0.15, 0.2) is 66.9 Å². The summed E-state index contributed by atoms with van der Waals surface area (Å²) in [7, 11) is 0. The number of nitrogens with zero attached hydrogens (tertiary/aromatic N) is 3. The summed E-state index contributed by atoms with van der Waals surface area (Å²) in [5.41, 5.74) is 9.40. The number of aromatic nitrogens is 1. The predicted molar refractivity (Wildman–Crippen MR) is 133 cm³/mol. The van der Waals surface area contributed by atoms with E-state index in [-0.39, 0.29) is 0 Å². The number of rotatable bonds is 8. The van der Waals surface area contributed by atoms with E-state index in [1.807, 2.05) is 35.2 Å². The van der Waals surface area contributed by atoms with Crippen LogP contribution in [-0.2, 0) is 12.6 Å². The number of unbranched alkanes of at least 4 members (excludes halogenated alkanes) is 2. The van der Waals surface area contributed by atoms with Crippen LogP contribution >= 0.6 is 0 Å². The van der Waals surface area contributed by atoms with E-state index in [9.17, 15) is 18.4 Å². The third-order valence-corrected chi connectivity index (χ3v) is 6.63. The summed E-state index contributed by atoms with van der Waals surface area (Å²) < 4.78 is 39.9. The summed E-state index contributed by atoms with van der Waals surface area (Å²) in [4.78, 5) is 4.36. The maximum atomic E-state index is 13.0. The number of benzene rings is 2. The van der Waals surface area contributed by atoms with Gasteiger partial charge in [0, 0.05) is 49.9 Å². The minimum absolute atomic E-state index is 0.541. The van der Waals surface area contributed by atoms with Crippen LogP contribution in [0.25, 0.3) is 11.1 Å². The van der Waals surface area contributed by atoms with E-state index in [0.29, 0.717) is 36.6 Å². The van der Waals surface area contributed by atoms with Gasteiger partial charge in [-0.25, -0.2) is 0 Å². The lowest BCUT2D eigenvalue weighted by molar-refractivity contribution is -0.613. The Morgan fingerprint density at radius 2 is 1.63 bits per heavy atom. The van der Waals surface area contributed by atoms with Gasteiger partial charge in [0.05, 0.1) is 5.56 Å². The molecule has 8 heteroatoms. The van der Waals surface area contributed by atoms with Crippen molar-refractivity contribution in [3.05, 3.63) is 83.3 Å². The lowest BCUT2D eigenvalue weighted by Crippen LogP contribution is -2.46. The number of halogens is 3. The first-order valence-corrected chi connectivity index (χ1v) is 12.0. The Labute approximate surface area is 204 Å². The molecule has 3 aromatic rings. The first-order chi connectivity index (χ1) is 16.8. The smallest absolute Gasteiger partial charge is 0.416 e. The zero-order valence-corrected chi connectivity index (χ0v) is 19.7. The Hall–Kier alpha value is -3.26. The molecule has 2 aromatic carbocycles. The quantitative estimate of drug-likeness (QED) is 0.274. The van der Waals surface area contributed by atoms with Crippen LogP contribution in [0.1, 0.15) is 30.5 Å². The molecule has 0 amide bonds. The molecule has 4 rings (SSSR count).